The minimum absolute atomic E-state index is 0.0467. The molecule has 1 N–H and O–H groups in total. The second-order valence-electron chi connectivity index (χ2n) is 4.32. The third-order valence-electron chi connectivity index (χ3n) is 3.02. The van der Waals surface area contributed by atoms with Gasteiger partial charge in [-0.15, -0.1) is 0 Å². The van der Waals surface area contributed by atoms with Gasteiger partial charge >= 0.3 is 0 Å². The van der Waals surface area contributed by atoms with Crippen LogP contribution in [-0.2, 0) is 0 Å². The monoisotopic (exact) mass is 329 g/mol. The molecule has 0 heterocycles. The van der Waals surface area contributed by atoms with Crippen molar-refractivity contribution in [2.45, 2.75) is 6.04 Å². The quantitative estimate of drug-likeness (QED) is 0.855. The van der Waals surface area contributed by atoms with E-state index in [1.807, 2.05) is 37.4 Å². The van der Waals surface area contributed by atoms with Gasteiger partial charge in [-0.2, -0.15) is 0 Å². The highest BCUT2D eigenvalue weighted by Gasteiger charge is 2.15. The van der Waals surface area contributed by atoms with Gasteiger partial charge in [0.1, 0.15) is 5.75 Å². The SMILES string of the molecule is CNC(c1cc(Cl)cc(Cl)c1)c1ccc(OC)c(Cl)c1. The maximum absolute atomic E-state index is 6.18. The molecular formula is C15H14Cl3NO. The lowest BCUT2D eigenvalue weighted by atomic mass is 9.99. The average molecular weight is 331 g/mol. The van der Waals surface area contributed by atoms with Crippen LogP contribution in [0.25, 0.3) is 0 Å². The van der Waals surface area contributed by atoms with Crippen molar-refractivity contribution in [3.05, 3.63) is 62.6 Å². The van der Waals surface area contributed by atoms with Gasteiger partial charge in [0.15, 0.2) is 0 Å². The Morgan fingerprint density at radius 3 is 2.10 bits per heavy atom. The minimum Gasteiger partial charge on any atom is -0.495 e. The summed E-state index contributed by atoms with van der Waals surface area (Å²) >= 11 is 18.3. The molecule has 0 bridgehead atoms. The van der Waals surface area contributed by atoms with Gasteiger partial charge in [0.2, 0.25) is 0 Å². The summed E-state index contributed by atoms with van der Waals surface area (Å²) in [6.45, 7) is 0. The number of methoxy groups -OCH3 is 1. The molecule has 0 amide bonds. The van der Waals surface area contributed by atoms with Crippen LogP contribution in [0.1, 0.15) is 17.2 Å². The van der Waals surface area contributed by atoms with Crippen molar-refractivity contribution >= 4 is 34.8 Å². The van der Waals surface area contributed by atoms with E-state index in [0.29, 0.717) is 20.8 Å². The Morgan fingerprint density at radius 1 is 0.950 bits per heavy atom. The van der Waals surface area contributed by atoms with Crippen molar-refractivity contribution in [1.82, 2.24) is 5.32 Å². The zero-order valence-corrected chi connectivity index (χ0v) is 13.4. The first kappa shape index (κ1) is 15.5. The van der Waals surface area contributed by atoms with Gasteiger partial charge in [-0.3, -0.25) is 0 Å². The average Bonchev–Trinajstić information content (AvgIpc) is 2.38. The molecule has 2 rings (SSSR count). The fourth-order valence-electron chi connectivity index (χ4n) is 2.13. The van der Waals surface area contributed by atoms with Crippen molar-refractivity contribution < 1.29 is 4.74 Å². The number of hydrogen-bond donors (Lipinski definition) is 1. The third-order valence-corrected chi connectivity index (χ3v) is 3.75. The Balaban J connectivity index is 2.44. The maximum Gasteiger partial charge on any atom is 0.137 e. The number of nitrogens with one attached hydrogen (secondary N) is 1. The molecule has 0 aliphatic rings. The topological polar surface area (TPSA) is 21.3 Å². The summed E-state index contributed by atoms with van der Waals surface area (Å²) < 4.78 is 5.16. The van der Waals surface area contributed by atoms with Crippen molar-refractivity contribution in [2.24, 2.45) is 0 Å². The van der Waals surface area contributed by atoms with Crippen LogP contribution < -0.4 is 10.1 Å². The van der Waals surface area contributed by atoms with Crippen LogP contribution in [0.3, 0.4) is 0 Å². The van der Waals surface area contributed by atoms with E-state index in [2.05, 4.69) is 5.32 Å². The molecule has 20 heavy (non-hydrogen) atoms. The summed E-state index contributed by atoms with van der Waals surface area (Å²) in [6, 6.07) is 11.1. The molecular weight excluding hydrogens is 317 g/mol. The second-order valence-corrected chi connectivity index (χ2v) is 5.60. The summed E-state index contributed by atoms with van der Waals surface area (Å²) in [4.78, 5) is 0. The van der Waals surface area contributed by atoms with Crippen LogP contribution in [0.2, 0.25) is 15.1 Å². The van der Waals surface area contributed by atoms with Gasteiger partial charge in [0, 0.05) is 10.0 Å². The highest BCUT2D eigenvalue weighted by molar-refractivity contribution is 6.34. The van der Waals surface area contributed by atoms with Gasteiger partial charge < -0.3 is 10.1 Å². The van der Waals surface area contributed by atoms with Gasteiger partial charge in [-0.05, 0) is 48.5 Å². The maximum atomic E-state index is 6.18. The molecule has 1 atom stereocenters. The largest absolute Gasteiger partial charge is 0.495 e. The molecule has 2 nitrogen and oxygen atoms in total. The minimum atomic E-state index is -0.0467. The zero-order valence-electron chi connectivity index (χ0n) is 11.1. The van der Waals surface area contributed by atoms with E-state index in [0.717, 1.165) is 11.1 Å². The van der Waals surface area contributed by atoms with Crippen LogP contribution in [0.5, 0.6) is 5.75 Å². The van der Waals surface area contributed by atoms with E-state index < -0.39 is 0 Å². The van der Waals surface area contributed by atoms with Gasteiger partial charge in [-0.1, -0.05) is 40.9 Å². The van der Waals surface area contributed by atoms with Gasteiger partial charge in [0.25, 0.3) is 0 Å². The molecule has 5 heteroatoms. The molecule has 0 aromatic heterocycles. The van der Waals surface area contributed by atoms with Gasteiger partial charge in [0.05, 0.1) is 18.2 Å². The second kappa shape index (κ2) is 6.68. The van der Waals surface area contributed by atoms with E-state index in [4.69, 9.17) is 39.5 Å². The summed E-state index contributed by atoms with van der Waals surface area (Å²) in [5.74, 6) is 0.648. The van der Waals surface area contributed by atoms with Crippen LogP contribution in [0, 0.1) is 0 Å². The lowest BCUT2D eigenvalue weighted by Crippen LogP contribution is -2.17. The fourth-order valence-corrected chi connectivity index (χ4v) is 2.94. The fraction of sp³-hybridized carbons (Fsp3) is 0.200. The highest BCUT2D eigenvalue weighted by Crippen LogP contribution is 2.32. The molecule has 0 radical (unpaired) electrons. The van der Waals surface area contributed by atoms with Crippen LogP contribution in [0.15, 0.2) is 36.4 Å². The molecule has 0 aliphatic carbocycles. The Hall–Kier alpha value is -0.930. The summed E-state index contributed by atoms with van der Waals surface area (Å²) in [7, 11) is 3.46. The lowest BCUT2D eigenvalue weighted by molar-refractivity contribution is 0.414. The predicted octanol–water partition coefficient (Wildman–Crippen LogP) is 4.96. The molecule has 0 spiro atoms. The zero-order chi connectivity index (χ0) is 14.7. The lowest BCUT2D eigenvalue weighted by Gasteiger charge is -2.19. The number of ether oxygens (including phenoxy) is 1. The van der Waals surface area contributed by atoms with Crippen molar-refractivity contribution in [1.29, 1.82) is 0 Å². The van der Waals surface area contributed by atoms with Gasteiger partial charge in [-0.25, -0.2) is 0 Å². The first-order valence-corrected chi connectivity index (χ1v) is 7.15. The highest BCUT2D eigenvalue weighted by atomic mass is 35.5. The number of rotatable bonds is 4. The van der Waals surface area contributed by atoms with E-state index in [1.165, 1.54) is 0 Å². The Kier molecular flexibility index (Phi) is 5.17. The first-order chi connectivity index (χ1) is 9.55. The first-order valence-electron chi connectivity index (χ1n) is 6.02. The van der Waals surface area contributed by atoms with E-state index in [-0.39, 0.29) is 6.04 Å². The Labute approximate surface area is 133 Å². The number of halogens is 3. The standard InChI is InChI=1S/C15H14Cl3NO/c1-19-15(10-5-11(16)8-12(17)6-10)9-3-4-14(20-2)13(18)7-9/h3-8,15,19H,1-2H3. The normalized spacial score (nSPS) is 12.2. The summed E-state index contributed by atoms with van der Waals surface area (Å²) in [5, 5.41) is 5.01. The predicted molar refractivity (Wildman–Crippen MR) is 85.4 cm³/mol. The molecule has 106 valence electrons. The molecule has 2 aromatic carbocycles. The molecule has 2 aromatic rings. The summed E-state index contributed by atoms with van der Waals surface area (Å²) in [5.41, 5.74) is 1.99. The molecule has 1 unspecified atom stereocenters. The molecule has 0 aliphatic heterocycles. The number of benzene rings is 2. The van der Waals surface area contributed by atoms with E-state index in [9.17, 15) is 0 Å². The number of hydrogen-bond acceptors (Lipinski definition) is 2. The van der Waals surface area contributed by atoms with E-state index in [1.54, 1.807) is 13.2 Å². The smallest absolute Gasteiger partial charge is 0.137 e. The Morgan fingerprint density at radius 2 is 1.60 bits per heavy atom. The Bertz CT molecular complexity index is 596. The van der Waals surface area contributed by atoms with Crippen molar-refractivity contribution in [3.63, 3.8) is 0 Å². The third kappa shape index (κ3) is 3.39. The molecule has 0 saturated heterocycles. The van der Waals surface area contributed by atoms with Crippen molar-refractivity contribution in [3.8, 4) is 5.75 Å². The summed E-state index contributed by atoms with van der Waals surface area (Å²) in [6.07, 6.45) is 0. The van der Waals surface area contributed by atoms with Crippen LogP contribution in [0.4, 0.5) is 0 Å². The molecule has 0 saturated carbocycles. The molecule has 0 fully saturated rings. The van der Waals surface area contributed by atoms with Crippen LogP contribution in [-0.4, -0.2) is 14.2 Å². The van der Waals surface area contributed by atoms with Crippen LogP contribution >= 0.6 is 34.8 Å². The van der Waals surface area contributed by atoms with Crippen molar-refractivity contribution in [2.75, 3.05) is 14.2 Å². The van der Waals surface area contributed by atoms with E-state index >= 15 is 0 Å².